The Morgan fingerprint density at radius 2 is 1.06 bits per heavy atom. The molecule has 3 nitrogen and oxygen atoms in total. The smallest absolute Gasteiger partial charge is 0.138 e. The summed E-state index contributed by atoms with van der Waals surface area (Å²) < 4.78 is 0. The first-order chi connectivity index (χ1) is 15.9. The lowest BCUT2D eigenvalue weighted by molar-refractivity contribution is 0.357. The maximum absolute atomic E-state index is 5.00. The summed E-state index contributed by atoms with van der Waals surface area (Å²) in [5.74, 6) is 2.99. The third-order valence-corrected chi connectivity index (χ3v) is 7.28. The van der Waals surface area contributed by atoms with Gasteiger partial charge in [0.1, 0.15) is 17.5 Å². The Morgan fingerprint density at radius 3 is 1.57 bits per heavy atom. The number of benzene rings is 2. The molecular weight excluding hydrogens is 426 g/mol. The Kier molecular flexibility index (Phi) is 7.25. The van der Waals surface area contributed by atoms with E-state index in [1.54, 1.807) is 0 Å². The van der Waals surface area contributed by atoms with E-state index in [1.165, 1.54) is 21.9 Å². The molecule has 3 heteroatoms. The molecule has 1 aromatic heterocycles. The maximum atomic E-state index is 5.00. The van der Waals surface area contributed by atoms with Crippen LogP contribution in [-0.2, 0) is 21.7 Å². The summed E-state index contributed by atoms with van der Waals surface area (Å²) in [4.78, 5) is 14.8. The van der Waals surface area contributed by atoms with Gasteiger partial charge < -0.3 is 0 Å². The fourth-order valence-electron chi connectivity index (χ4n) is 4.70. The third-order valence-electron chi connectivity index (χ3n) is 7.28. The topological polar surface area (TPSA) is 38.7 Å². The summed E-state index contributed by atoms with van der Waals surface area (Å²) in [5.41, 5.74) is 2.71. The Morgan fingerprint density at radius 1 is 0.571 bits per heavy atom. The minimum atomic E-state index is -0.148. The van der Waals surface area contributed by atoms with Crippen molar-refractivity contribution in [2.24, 2.45) is 0 Å². The summed E-state index contributed by atoms with van der Waals surface area (Å²) >= 11 is 0. The molecular formula is C32H47N3. The predicted molar refractivity (Wildman–Crippen MR) is 151 cm³/mol. The summed E-state index contributed by atoms with van der Waals surface area (Å²) in [5, 5.41) is 2.75. The van der Waals surface area contributed by atoms with E-state index in [1.807, 2.05) is 0 Å². The highest BCUT2D eigenvalue weighted by atomic mass is 15.1. The van der Waals surface area contributed by atoms with Gasteiger partial charge in [-0.2, -0.15) is 0 Å². The number of hydrogen-bond acceptors (Lipinski definition) is 3. The van der Waals surface area contributed by atoms with Gasteiger partial charge >= 0.3 is 0 Å². The fourth-order valence-corrected chi connectivity index (χ4v) is 4.70. The van der Waals surface area contributed by atoms with Crippen LogP contribution in [0.1, 0.15) is 130 Å². The van der Waals surface area contributed by atoms with Crippen LogP contribution in [0, 0.1) is 0 Å². The van der Waals surface area contributed by atoms with Crippen LogP contribution >= 0.6 is 0 Å². The van der Waals surface area contributed by atoms with E-state index < -0.39 is 0 Å². The molecule has 0 amide bonds. The first-order valence-electron chi connectivity index (χ1n) is 13.2. The highest BCUT2D eigenvalue weighted by molar-refractivity contribution is 5.90. The zero-order valence-electron chi connectivity index (χ0n) is 24.3. The Hall–Kier alpha value is -2.29. The van der Waals surface area contributed by atoms with E-state index in [2.05, 4.69) is 119 Å². The summed E-state index contributed by atoms with van der Waals surface area (Å²) in [6, 6.07) is 13.6. The van der Waals surface area contributed by atoms with Crippen LogP contribution in [0.5, 0.6) is 0 Å². The molecule has 3 aromatic rings. The average Bonchev–Trinajstić information content (AvgIpc) is 2.75. The quantitative estimate of drug-likeness (QED) is 0.359. The SMILES string of the molecule is CC(C)c1nc(C(C)(C)C)nc(C(C)(C)CCC(C)(C)c2ccc(C(C)(C)C)c3ccccc23)n1. The highest BCUT2D eigenvalue weighted by Gasteiger charge is 2.33. The molecule has 0 unspecified atom stereocenters. The monoisotopic (exact) mass is 473 g/mol. The van der Waals surface area contributed by atoms with E-state index in [0.717, 1.165) is 30.3 Å². The lowest BCUT2D eigenvalue weighted by atomic mass is 9.72. The molecule has 3 rings (SSSR count). The molecule has 2 aromatic carbocycles. The Balaban J connectivity index is 1.98. The van der Waals surface area contributed by atoms with Crippen molar-refractivity contribution < 1.29 is 0 Å². The molecule has 0 atom stereocenters. The minimum absolute atomic E-state index is 0.0219. The number of aromatic nitrogens is 3. The molecule has 0 saturated carbocycles. The maximum Gasteiger partial charge on any atom is 0.138 e. The van der Waals surface area contributed by atoms with Gasteiger partial charge in [0.2, 0.25) is 0 Å². The lowest BCUT2D eigenvalue weighted by Crippen LogP contribution is -2.29. The summed E-state index contributed by atoms with van der Waals surface area (Å²) in [6.07, 6.45) is 2.05. The van der Waals surface area contributed by atoms with Crippen molar-refractivity contribution in [2.75, 3.05) is 0 Å². The third kappa shape index (κ3) is 5.93. The Bertz CT molecular complexity index is 1190. The second-order valence-electron chi connectivity index (χ2n) is 14.0. The van der Waals surface area contributed by atoms with E-state index in [-0.39, 0.29) is 27.6 Å². The molecule has 0 aliphatic carbocycles. The molecule has 35 heavy (non-hydrogen) atoms. The Labute approximate surface area is 214 Å². The molecule has 0 aliphatic rings. The molecule has 1 heterocycles. The van der Waals surface area contributed by atoms with E-state index in [0.29, 0.717) is 0 Å². The van der Waals surface area contributed by atoms with Crippen molar-refractivity contribution in [1.29, 1.82) is 0 Å². The van der Waals surface area contributed by atoms with Gasteiger partial charge in [0.05, 0.1) is 0 Å². The average molecular weight is 474 g/mol. The van der Waals surface area contributed by atoms with E-state index >= 15 is 0 Å². The van der Waals surface area contributed by atoms with Gasteiger partial charge in [-0.25, -0.2) is 15.0 Å². The lowest BCUT2D eigenvalue weighted by Gasteiger charge is -2.33. The van der Waals surface area contributed by atoms with Crippen LogP contribution in [0.15, 0.2) is 36.4 Å². The first-order valence-corrected chi connectivity index (χ1v) is 13.2. The van der Waals surface area contributed by atoms with Crippen LogP contribution in [0.25, 0.3) is 10.8 Å². The standard InChI is InChI=1S/C32H47N3/c1-21(2)26-33-27(30(6,7)8)35-28(34-26)32(11,12)20-19-31(9,10)25-18-17-24(29(3,4)5)22-15-13-14-16-23(22)25/h13-18,21H,19-20H2,1-12H3. The molecule has 0 radical (unpaired) electrons. The van der Waals surface area contributed by atoms with E-state index in [9.17, 15) is 0 Å². The number of fused-ring (bicyclic) bond motifs is 1. The van der Waals surface area contributed by atoms with Crippen LogP contribution in [0.2, 0.25) is 0 Å². The van der Waals surface area contributed by atoms with Crippen molar-refractivity contribution in [3.8, 4) is 0 Å². The fraction of sp³-hybridized carbons (Fsp3) is 0.594. The molecule has 0 spiro atoms. The number of nitrogens with zero attached hydrogens (tertiary/aromatic N) is 3. The zero-order valence-corrected chi connectivity index (χ0v) is 24.3. The van der Waals surface area contributed by atoms with Crippen molar-refractivity contribution >= 4 is 10.8 Å². The van der Waals surface area contributed by atoms with Crippen LogP contribution in [0.4, 0.5) is 0 Å². The van der Waals surface area contributed by atoms with Crippen molar-refractivity contribution in [2.45, 2.75) is 124 Å². The van der Waals surface area contributed by atoms with E-state index in [4.69, 9.17) is 15.0 Å². The molecule has 0 saturated heterocycles. The number of hydrogen-bond donors (Lipinski definition) is 0. The molecule has 0 N–H and O–H groups in total. The molecule has 0 bridgehead atoms. The highest BCUT2D eigenvalue weighted by Crippen LogP contribution is 2.41. The first kappa shape index (κ1) is 27.3. The summed E-state index contributed by atoms with van der Waals surface area (Å²) in [7, 11) is 0. The molecule has 0 fully saturated rings. The van der Waals surface area contributed by atoms with Gasteiger partial charge in [0, 0.05) is 16.7 Å². The van der Waals surface area contributed by atoms with Crippen LogP contribution < -0.4 is 0 Å². The van der Waals surface area contributed by atoms with Gasteiger partial charge in [0.25, 0.3) is 0 Å². The minimum Gasteiger partial charge on any atom is -0.217 e. The van der Waals surface area contributed by atoms with Gasteiger partial charge in [0.15, 0.2) is 0 Å². The zero-order chi connectivity index (χ0) is 26.4. The second kappa shape index (κ2) is 9.30. The van der Waals surface area contributed by atoms with Gasteiger partial charge in [-0.3, -0.25) is 0 Å². The van der Waals surface area contributed by atoms with Gasteiger partial charge in [-0.05, 0) is 45.6 Å². The van der Waals surface area contributed by atoms with Crippen LogP contribution in [-0.4, -0.2) is 15.0 Å². The predicted octanol–water partition coefficient (Wildman–Crippen LogP) is 8.78. The van der Waals surface area contributed by atoms with Crippen molar-refractivity contribution in [3.63, 3.8) is 0 Å². The second-order valence-corrected chi connectivity index (χ2v) is 14.0. The normalized spacial score (nSPS) is 13.6. The van der Waals surface area contributed by atoms with Crippen molar-refractivity contribution in [3.05, 3.63) is 65.0 Å². The molecule has 0 aliphatic heterocycles. The largest absolute Gasteiger partial charge is 0.217 e. The van der Waals surface area contributed by atoms with Crippen molar-refractivity contribution in [1.82, 2.24) is 15.0 Å². The number of rotatable bonds is 6. The van der Waals surface area contributed by atoms with Gasteiger partial charge in [-0.1, -0.05) is 119 Å². The summed E-state index contributed by atoms with van der Waals surface area (Å²) in [6.45, 7) is 27.1. The van der Waals surface area contributed by atoms with Gasteiger partial charge in [-0.15, -0.1) is 0 Å². The molecule has 190 valence electrons. The van der Waals surface area contributed by atoms with Crippen LogP contribution in [0.3, 0.4) is 0 Å².